The van der Waals surface area contributed by atoms with Crippen LogP contribution in [-0.2, 0) is 6.42 Å². The van der Waals surface area contributed by atoms with Gasteiger partial charge >= 0.3 is 6.36 Å². The van der Waals surface area contributed by atoms with Gasteiger partial charge in [0.1, 0.15) is 17.9 Å². The van der Waals surface area contributed by atoms with Crippen LogP contribution in [0.5, 0.6) is 5.75 Å². The van der Waals surface area contributed by atoms with Gasteiger partial charge in [0.2, 0.25) is 5.95 Å². The largest absolute Gasteiger partial charge is 0.573 e. The van der Waals surface area contributed by atoms with E-state index in [1.54, 1.807) is 12.1 Å². The summed E-state index contributed by atoms with van der Waals surface area (Å²) in [7, 11) is 0. The molecule has 0 aliphatic carbocycles. The maximum absolute atomic E-state index is 12.2. The first-order valence-corrected chi connectivity index (χ1v) is 8.34. The van der Waals surface area contributed by atoms with Gasteiger partial charge in [0.25, 0.3) is 0 Å². The zero-order valence-corrected chi connectivity index (χ0v) is 15.2. The average molecular weight is 381 g/mol. The highest BCUT2D eigenvalue weighted by molar-refractivity contribution is 5.56. The van der Waals surface area contributed by atoms with Crippen LogP contribution in [0.3, 0.4) is 0 Å². The molecule has 0 atom stereocenters. The summed E-state index contributed by atoms with van der Waals surface area (Å²) >= 11 is 0. The number of hydrogen-bond acceptors (Lipinski definition) is 5. The molecule has 27 heavy (non-hydrogen) atoms. The quantitative estimate of drug-likeness (QED) is 0.681. The van der Waals surface area contributed by atoms with Gasteiger partial charge in [-0.05, 0) is 48.6 Å². The van der Waals surface area contributed by atoms with Crippen LogP contribution in [0.2, 0.25) is 0 Å². The lowest BCUT2D eigenvalue weighted by atomic mass is 10.1. The zero-order valence-electron chi connectivity index (χ0n) is 15.2. The van der Waals surface area contributed by atoms with Crippen LogP contribution in [0.15, 0.2) is 48.3 Å². The van der Waals surface area contributed by atoms with E-state index in [4.69, 9.17) is 5.73 Å². The molecular formula is C18H22F3N5O. The Bertz CT molecular complexity index is 809. The number of halogens is 3. The zero-order chi connectivity index (χ0) is 20.0. The number of nitrogen functional groups attached to an aromatic ring is 1. The van der Waals surface area contributed by atoms with Gasteiger partial charge in [-0.1, -0.05) is 25.6 Å². The molecule has 0 spiro atoms. The number of allylic oxidation sites excluding steroid dienone is 2. The van der Waals surface area contributed by atoms with Gasteiger partial charge in [0, 0.05) is 6.54 Å². The number of benzene rings is 1. The number of anilines is 1. The van der Waals surface area contributed by atoms with E-state index < -0.39 is 6.36 Å². The molecule has 0 unspecified atom stereocenters. The molecule has 0 bridgehead atoms. The molecule has 9 heteroatoms. The summed E-state index contributed by atoms with van der Waals surface area (Å²) in [5, 5.41) is 7.39. The normalized spacial score (nSPS) is 12.5. The third-order valence-electron chi connectivity index (χ3n) is 3.96. The van der Waals surface area contributed by atoms with Gasteiger partial charge in [-0.2, -0.15) is 14.8 Å². The summed E-state index contributed by atoms with van der Waals surface area (Å²) in [6, 6.07) is 5.76. The second kappa shape index (κ2) is 8.61. The predicted octanol–water partition coefficient (Wildman–Crippen LogP) is 3.75. The van der Waals surface area contributed by atoms with Crippen molar-refractivity contribution in [2.24, 2.45) is 0 Å². The van der Waals surface area contributed by atoms with Gasteiger partial charge in [0.15, 0.2) is 0 Å². The van der Waals surface area contributed by atoms with Crippen molar-refractivity contribution in [2.75, 3.05) is 12.3 Å². The van der Waals surface area contributed by atoms with E-state index in [0.717, 1.165) is 23.1 Å². The van der Waals surface area contributed by atoms with Crippen LogP contribution in [0.25, 0.3) is 5.82 Å². The van der Waals surface area contributed by atoms with E-state index in [0.29, 0.717) is 18.8 Å². The summed E-state index contributed by atoms with van der Waals surface area (Å²) in [6.45, 7) is 8.46. The molecule has 2 rings (SSSR count). The summed E-state index contributed by atoms with van der Waals surface area (Å²) in [5.41, 5.74) is 8.54. The molecule has 1 aromatic heterocycles. The summed E-state index contributed by atoms with van der Waals surface area (Å²) < 4.78 is 42.0. The maximum atomic E-state index is 12.2. The summed E-state index contributed by atoms with van der Waals surface area (Å²) in [6.07, 6.45) is -1.99. The molecule has 0 aliphatic rings. The average Bonchev–Trinajstić information content (AvgIpc) is 3.03. The van der Waals surface area contributed by atoms with Crippen LogP contribution in [0.4, 0.5) is 19.1 Å². The number of nitrogens with two attached hydrogens (primary N) is 1. The van der Waals surface area contributed by atoms with Crippen molar-refractivity contribution in [1.82, 2.24) is 20.1 Å². The molecule has 0 radical (unpaired) electrons. The fourth-order valence-corrected chi connectivity index (χ4v) is 2.40. The fraction of sp³-hybridized carbons (Fsp3) is 0.333. The Morgan fingerprint density at radius 1 is 1.30 bits per heavy atom. The first-order valence-electron chi connectivity index (χ1n) is 8.34. The highest BCUT2D eigenvalue weighted by Gasteiger charge is 2.30. The minimum Gasteiger partial charge on any atom is -0.406 e. The van der Waals surface area contributed by atoms with E-state index in [1.807, 2.05) is 13.8 Å². The van der Waals surface area contributed by atoms with Gasteiger partial charge in [-0.3, -0.25) is 0 Å². The molecule has 1 aromatic carbocycles. The van der Waals surface area contributed by atoms with E-state index >= 15 is 0 Å². The monoisotopic (exact) mass is 381 g/mol. The smallest absolute Gasteiger partial charge is 0.406 e. The van der Waals surface area contributed by atoms with Crippen LogP contribution in [0, 0.1) is 0 Å². The Morgan fingerprint density at radius 2 is 1.96 bits per heavy atom. The standard InChI is InChI=1S/C18H22F3N5O/c1-4-12(2)13(3)16(26-17(22)24-11-25-26)23-10-9-14-5-7-15(8-6-14)27-18(19,20)21/h5-8,11,23H,2,4,9-10H2,1,3H3,(H2,22,24,25)/b16-13-. The second-order valence-electron chi connectivity index (χ2n) is 5.83. The highest BCUT2D eigenvalue weighted by atomic mass is 19.4. The van der Waals surface area contributed by atoms with Gasteiger partial charge in [0.05, 0.1) is 0 Å². The molecule has 2 aromatic rings. The minimum atomic E-state index is -4.69. The predicted molar refractivity (Wildman–Crippen MR) is 97.6 cm³/mol. The number of rotatable bonds is 8. The SMILES string of the molecule is C=C(CC)/C(C)=C(/NCCc1ccc(OC(F)(F)F)cc1)n1ncnc1N. The number of hydrogen-bond donors (Lipinski definition) is 2. The molecule has 6 nitrogen and oxygen atoms in total. The lowest BCUT2D eigenvalue weighted by Gasteiger charge is -2.16. The Morgan fingerprint density at radius 3 is 2.48 bits per heavy atom. The Balaban J connectivity index is 2.06. The van der Waals surface area contributed by atoms with Crippen molar-refractivity contribution in [3.63, 3.8) is 0 Å². The topological polar surface area (TPSA) is 78.0 Å². The van der Waals surface area contributed by atoms with Gasteiger partial charge in [-0.25, -0.2) is 0 Å². The summed E-state index contributed by atoms with van der Waals surface area (Å²) in [4.78, 5) is 3.93. The number of nitrogens with zero attached hydrogens (tertiary/aromatic N) is 3. The molecule has 0 aliphatic heterocycles. The first-order chi connectivity index (χ1) is 12.7. The number of aromatic nitrogens is 3. The van der Waals surface area contributed by atoms with Crippen LogP contribution in [-0.4, -0.2) is 27.7 Å². The van der Waals surface area contributed by atoms with E-state index in [9.17, 15) is 13.2 Å². The Kier molecular flexibility index (Phi) is 6.49. The molecule has 1 heterocycles. The summed E-state index contributed by atoms with van der Waals surface area (Å²) in [5.74, 6) is 0.675. The number of nitrogens with one attached hydrogen (secondary N) is 1. The van der Waals surface area contributed by atoms with Crippen molar-refractivity contribution >= 4 is 11.8 Å². The number of ether oxygens (including phenoxy) is 1. The number of alkyl halides is 3. The fourth-order valence-electron chi connectivity index (χ4n) is 2.40. The van der Waals surface area contributed by atoms with Gasteiger partial charge < -0.3 is 15.8 Å². The van der Waals surface area contributed by atoms with Crippen LogP contribution in [0.1, 0.15) is 25.8 Å². The lowest BCUT2D eigenvalue weighted by molar-refractivity contribution is -0.274. The molecule has 0 saturated carbocycles. The Hall–Kier alpha value is -2.97. The van der Waals surface area contributed by atoms with Crippen molar-refractivity contribution in [2.45, 2.75) is 33.1 Å². The second-order valence-corrected chi connectivity index (χ2v) is 5.83. The molecule has 146 valence electrons. The third-order valence-corrected chi connectivity index (χ3v) is 3.96. The molecular weight excluding hydrogens is 359 g/mol. The maximum Gasteiger partial charge on any atom is 0.573 e. The Labute approximate surface area is 155 Å². The molecule has 0 saturated heterocycles. The first kappa shape index (κ1) is 20.3. The van der Waals surface area contributed by atoms with Crippen molar-refractivity contribution in [1.29, 1.82) is 0 Å². The van der Waals surface area contributed by atoms with Crippen LogP contribution >= 0.6 is 0 Å². The van der Waals surface area contributed by atoms with Crippen molar-refractivity contribution < 1.29 is 17.9 Å². The molecule has 0 fully saturated rings. The van der Waals surface area contributed by atoms with Gasteiger partial charge in [-0.15, -0.1) is 13.2 Å². The molecule has 3 N–H and O–H groups in total. The highest BCUT2D eigenvalue weighted by Crippen LogP contribution is 2.23. The molecule has 0 amide bonds. The van der Waals surface area contributed by atoms with E-state index in [1.165, 1.54) is 23.1 Å². The van der Waals surface area contributed by atoms with Crippen molar-refractivity contribution in [3.8, 4) is 5.75 Å². The lowest BCUT2D eigenvalue weighted by Crippen LogP contribution is -2.23. The minimum absolute atomic E-state index is 0.245. The van der Waals surface area contributed by atoms with Crippen molar-refractivity contribution in [3.05, 3.63) is 53.9 Å². The third kappa shape index (κ3) is 5.77. The van der Waals surface area contributed by atoms with Crippen LogP contribution < -0.4 is 15.8 Å². The van der Waals surface area contributed by atoms with E-state index in [-0.39, 0.29) is 11.7 Å². The van der Waals surface area contributed by atoms with E-state index in [2.05, 4.69) is 26.7 Å².